The fraction of sp³-hybridized carbons (Fsp3) is 0.200. The summed E-state index contributed by atoms with van der Waals surface area (Å²) in [6.07, 6.45) is 3.90. The maximum atomic E-state index is 13.1. The largest absolute Gasteiger partial charge is 0.325 e. The van der Waals surface area contributed by atoms with E-state index >= 15 is 0 Å². The highest BCUT2D eigenvalue weighted by atomic mass is 35.5. The van der Waals surface area contributed by atoms with Crippen LogP contribution in [0.4, 0.5) is 11.4 Å². The van der Waals surface area contributed by atoms with Gasteiger partial charge in [-0.3, -0.25) is 9.59 Å². The summed E-state index contributed by atoms with van der Waals surface area (Å²) in [5.41, 5.74) is 4.14. The van der Waals surface area contributed by atoms with Crippen molar-refractivity contribution in [3.05, 3.63) is 95.0 Å². The van der Waals surface area contributed by atoms with Crippen LogP contribution in [0.25, 0.3) is 17.5 Å². The van der Waals surface area contributed by atoms with Gasteiger partial charge < -0.3 is 15.2 Å². The molecule has 0 aliphatic heterocycles. The van der Waals surface area contributed by atoms with Crippen LogP contribution in [0.15, 0.2) is 84.0 Å². The number of rotatable bonds is 10. The van der Waals surface area contributed by atoms with Gasteiger partial charge >= 0.3 is 0 Å². The maximum Gasteiger partial charge on any atom is 0.248 e. The van der Waals surface area contributed by atoms with Crippen molar-refractivity contribution >= 4 is 52.6 Å². The number of nitrogens with one attached hydrogen (secondary N) is 2. The van der Waals surface area contributed by atoms with E-state index in [1.54, 1.807) is 18.2 Å². The number of aromatic nitrogens is 3. The van der Waals surface area contributed by atoms with Gasteiger partial charge in [0.15, 0.2) is 11.0 Å². The first-order chi connectivity index (χ1) is 18.9. The predicted molar refractivity (Wildman–Crippen MR) is 160 cm³/mol. The molecule has 1 unspecified atom stereocenters. The van der Waals surface area contributed by atoms with Crippen molar-refractivity contribution in [2.75, 3.05) is 10.6 Å². The van der Waals surface area contributed by atoms with Crippen LogP contribution in [0.1, 0.15) is 31.4 Å². The molecule has 4 rings (SSSR count). The minimum absolute atomic E-state index is 0.110. The van der Waals surface area contributed by atoms with Crippen LogP contribution in [-0.2, 0) is 16.1 Å². The first-order valence-corrected chi connectivity index (χ1v) is 13.9. The van der Waals surface area contributed by atoms with Crippen molar-refractivity contribution in [1.29, 1.82) is 0 Å². The van der Waals surface area contributed by atoms with Gasteiger partial charge in [0.25, 0.3) is 0 Å². The number of benzene rings is 3. The Labute approximate surface area is 237 Å². The van der Waals surface area contributed by atoms with Gasteiger partial charge in [0, 0.05) is 34.6 Å². The fourth-order valence-corrected chi connectivity index (χ4v) is 5.08. The molecule has 0 spiro atoms. The van der Waals surface area contributed by atoms with Crippen LogP contribution in [0.3, 0.4) is 0 Å². The molecule has 39 heavy (non-hydrogen) atoms. The van der Waals surface area contributed by atoms with Gasteiger partial charge in [0.2, 0.25) is 11.8 Å². The number of anilines is 2. The molecule has 200 valence electrons. The molecule has 0 bridgehead atoms. The van der Waals surface area contributed by atoms with E-state index in [0.717, 1.165) is 16.7 Å². The van der Waals surface area contributed by atoms with Crippen LogP contribution in [0.2, 0.25) is 5.02 Å². The van der Waals surface area contributed by atoms with Crippen molar-refractivity contribution in [3.63, 3.8) is 0 Å². The van der Waals surface area contributed by atoms with Gasteiger partial charge in [0.1, 0.15) is 0 Å². The Bertz CT molecular complexity index is 1470. The molecule has 3 aromatic carbocycles. The SMILES string of the molecule is CCC(Sc1nnc(-c2ccc(NC(=O)/C=C/c3ccccc3)cc2)n1CC)C(=O)Nc1cc(Cl)ccc1C. The van der Waals surface area contributed by atoms with Gasteiger partial charge in [-0.2, -0.15) is 0 Å². The molecule has 0 aliphatic carbocycles. The van der Waals surface area contributed by atoms with E-state index in [2.05, 4.69) is 20.8 Å². The van der Waals surface area contributed by atoms with Crippen molar-refractivity contribution in [1.82, 2.24) is 14.8 Å². The highest BCUT2D eigenvalue weighted by molar-refractivity contribution is 8.00. The molecule has 1 aromatic heterocycles. The average molecular weight is 560 g/mol. The Morgan fingerprint density at radius 3 is 2.44 bits per heavy atom. The van der Waals surface area contributed by atoms with Crippen LogP contribution < -0.4 is 10.6 Å². The van der Waals surface area contributed by atoms with Crippen molar-refractivity contribution in [2.24, 2.45) is 0 Å². The molecular weight excluding hydrogens is 530 g/mol. The van der Waals surface area contributed by atoms with Gasteiger partial charge in [-0.15, -0.1) is 10.2 Å². The molecule has 7 nitrogen and oxygen atoms in total. The summed E-state index contributed by atoms with van der Waals surface area (Å²) < 4.78 is 1.99. The van der Waals surface area contributed by atoms with Crippen molar-refractivity contribution in [3.8, 4) is 11.4 Å². The number of halogens is 1. The van der Waals surface area contributed by atoms with Crippen LogP contribution in [0, 0.1) is 6.92 Å². The Morgan fingerprint density at radius 1 is 1.00 bits per heavy atom. The standard InChI is InChI=1S/C30H30ClN5O2S/c1-4-26(29(38)33-25-19-23(31)15-11-20(25)3)39-30-35-34-28(36(30)5-2)22-13-16-24(17-14-22)32-27(37)18-12-21-9-7-6-8-10-21/h6-19,26H,4-5H2,1-3H3,(H,32,37)(H,33,38)/b18-12+. The summed E-state index contributed by atoms with van der Waals surface area (Å²) in [6, 6.07) is 22.5. The Balaban J connectivity index is 1.43. The number of carbonyl (C=O) groups excluding carboxylic acids is 2. The van der Waals surface area contributed by atoms with Gasteiger partial charge in [-0.25, -0.2) is 0 Å². The molecule has 0 saturated carbocycles. The van der Waals surface area contributed by atoms with E-state index in [-0.39, 0.29) is 17.1 Å². The number of amides is 2. The highest BCUT2D eigenvalue weighted by Crippen LogP contribution is 2.30. The normalized spacial score (nSPS) is 11.9. The van der Waals surface area contributed by atoms with E-state index in [9.17, 15) is 9.59 Å². The second-order valence-electron chi connectivity index (χ2n) is 8.82. The molecule has 2 N–H and O–H groups in total. The van der Waals surface area contributed by atoms with Crippen LogP contribution >= 0.6 is 23.4 Å². The zero-order chi connectivity index (χ0) is 27.8. The summed E-state index contributed by atoms with van der Waals surface area (Å²) >= 11 is 7.50. The van der Waals surface area contributed by atoms with E-state index in [1.165, 1.54) is 17.8 Å². The molecule has 9 heteroatoms. The summed E-state index contributed by atoms with van der Waals surface area (Å²) in [4.78, 5) is 25.4. The predicted octanol–water partition coefficient (Wildman–Crippen LogP) is 7.09. The first kappa shape index (κ1) is 28.1. The summed E-state index contributed by atoms with van der Waals surface area (Å²) in [6.45, 7) is 6.55. The first-order valence-electron chi connectivity index (χ1n) is 12.7. The lowest BCUT2D eigenvalue weighted by molar-refractivity contribution is -0.115. The number of thioether (sulfide) groups is 1. The van der Waals surface area contributed by atoms with E-state index in [1.807, 2.05) is 86.0 Å². The Hall–Kier alpha value is -3.88. The van der Waals surface area contributed by atoms with Crippen molar-refractivity contribution in [2.45, 2.75) is 44.1 Å². The molecule has 4 aromatic rings. The topological polar surface area (TPSA) is 88.9 Å². The fourth-order valence-electron chi connectivity index (χ4n) is 3.89. The number of nitrogens with zero attached hydrogens (tertiary/aromatic N) is 3. The minimum Gasteiger partial charge on any atom is -0.325 e. The third-order valence-electron chi connectivity index (χ3n) is 6.04. The van der Waals surface area contributed by atoms with Gasteiger partial charge in [-0.05, 0) is 73.9 Å². The molecular formula is C30H30ClN5O2S. The zero-order valence-electron chi connectivity index (χ0n) is 22.0. The molecule has 1 heterocycles. The van der Waals surface area contributed by atoms with E-state index in [0.29, 0.717) is 40.3 Å². The highest BCUT2D eigenvalue weighted by Gasteiger charge is 2.23. The Morgan fingerprint density at radius 2 is 1.74 bits per heavy atom. The molecule has 0 radical (unpaired) electrons. The number of carbonyl (C=O) groups is 2. The van der Waals surface area contributed by atoms with Crippen LogP contribution in [0.5, 0.6) is 0 Å². The molecule has 0 saturated heterocycles. The van der Waals surface area contributed by atoms with Gasteiger partial charge in [-0.1, -0.05) is 66.7 Å². The summed E-state index contributed by atoms with van der Waals surface area (Å²) in [7, 11) is 0. The number of hydrogen-bond donors (Lipinski definition) is 2. The smallest absolute Gasteiger partial charge is 0.248 e. The summed E-state index contributed by atoms with van der Waals surface area (Å²) in [5, 5.41) is 15.6. The second-order valence-corrected chi connectivity index (χ2v) is 10.4. The third kappa shape index (κ3) is 7.37. The lowest BCUT2D eigenvalue weighted by Gasteiger charge is -2.16. The maximum absolute atomic E-state index is 13.1. The van der Waals surface area contributed by atoms with Crippen LogP contribution in [-0.4, -0.2) is 31.8 Å². The van der Waals surface area contributed by atoms with E-state index in [4.69, 9.17) is 11.6 Å². The van der Waals surface area contributed by atoms with Gasteiger partial charge in [0.05, 0.1) is 5.25 Å². The molecule has 0 aliphatic rings. The zero-order valence-corrected chi connectivity index (χ0v) is 23.6. The lowest BCUT2D eigenvalue weighted by Crippen LogP contribution is -2.25. The quantitative estimate of drug-likeness (QED) is 0.160. The average Bonchev–Trinajstić information content (AvgIpc) is 3.36. The number of hydrogen-bond acceptors (Lipinski definition) is 5. The molecule has 2 amide bonds. The lowest BCUT2D eigenvalue weighted by atomic mass is 10.2. The molecule has 0 fully saturated rings. The Kier molecular flexibility index (Phi) is 9.57. The summed E-state index contributed by atoms with van der Waals surface area (Å²) in [5.74, 6) is 0.378. The van der Waals surface area contributed by atoms with Crippen molar-refractivity contribution < 1.29 is 9.59 Å². The second kappa shape index (κ2) is 13.3. The number of aryl methyl sites for hydroxylation is 1. The monoisotopic (exact) mass is 559 g/mol. The third-order valence-corrected chi connectivity index (χ3v) is 7.62. The molecule has 1 atom stereocenters. The van der Waals surface area contributed by atoms with E-state index < -0.39 is 0 Å². The minimum atomic E-state index is -0.354.